The molecule has 6 nitrogen and oxygen atoms in total. The number of aromatic nitrogens is 2. The molecule has 3 rings (SSSR count). The van der Waals surface area contributed by atoms with E-state index in [1.165, 1.54) is 12.1 Å². The third kappa shape index (κ3) is 3.83. The molecule has 2 aromatic carbocycles. The van der Waals surface area contributed by atoms with Gasteiger partial charge >= 0.3 is 0 Å². The van der Waals surface area contributed by atoms with E-state index in [4.69, 9.17) is 9.47 Å². The van der Waals surface area contributed by atoms with Crippen molar-refractivity contribution in [1.29, 1.82) is 0 Å². The van der Waals surface area contributed by atoms with E-state index in [-0.39, 0.29) is 11.7 Å². The Morgan fingerprint density at radius 1 is 1.14 bits per heavy atom. The number of amides is 1. The number of imidazole rings is 1. The minimum atomic E-state index is -0.550. The Hall–Kier alpha value is -3.35. The van der Waals surface area contributed by atoms with Crippen LogP contribution >= 0.6 is 0 Å². The summed E-state index contributed by atoms with van der Waals surface area (Å²) in [5, 5.41) is 2.98. The number of halogens is 1. The molecule has 0 bridgehead atoms. The molecule has 1 N–H and O–H groups in total. The van der Waals surface area contributed by atoms with Crippen LogP contribution in [0.4, 0.5) is 4.39 Å². The fraction of sp³-hybridized carbons (Fsp3) is 0.238. The molecule has 28 heavy (non-hydrogen) atoms. The number of hydrogen-bond donors (Lipinski definition) is 1. The molecule has 1 aromatic heterocycles. The van der Waals surface area contributed by atoms with E-state index in [0.29, 0.717) is 22.9 Å². The van der Waals surface area contributed by atoms with Gasteiger partial charge in [-0.1, -0.05) is 12.1 Å². The summed E-state index contributed by atoms with van der Waals surface area (Å²) < 4.78 is 25.9. The SMILES string of the molecule is COc1cc(C(=O)N[C@H](c2ccc(F)cc2)c2nccn2C)cc(OC)c1C. The lowest BCUT2D eigenvalue weighted by molar-refractivity contribution is 0.0940. The van der Waals surface area contributed by atoms with E-state index in [1.54, 1.807) is 50.9 Å². The van der Waals surface area contributed by atoms with Gasteiger partial charge in [-0.15, -0.1) is 0 Å². The normalized spacial score (nSPS) is 11.8. The van der Waals surface area contributed by atoms with Gasteiger partial charge in [0.2, 0.25) is 0 Å². The zero-order chi connectivity index (χ0) is 20.3. The van der Waals surface area contributed by atoms with Gasteiger partial charge in [-0.05, 0) is 36.8 Å². The highest BCUT2D eigenvalue weighted by Gasteiger charge is 2.23. The zero-order valence-corrected chi connectivity index (χ0v) is 16.2. The zero-order valence-electron chi connectivity index (χ0n) is 16.2. The highest BCUT2D eigenvalue weighted by atomic mass is 19.1. The number of ether oxygens (including phenoxy) is 2. The molecule has 1 atom stereocenters. The molecular weight excluding hydrogens is 361 g/mol. The molecule has 0 aliphatic rings. The number of benzene rings is 2. The quantitative estimate of drug-likeness (QED) is 0.709. The van der Waals surface area contributed by atoms with Crippen molar-refractivity contribution in [2.45, 2.75) is 13.0 Å². The number of aryl methyl sites for hydroxylation is 1. The maximum absolute atomic E-state index is 13.4. The van der Waals surface area contributed by atoms with Gasteiger partial charge in [0.1, 0.15) is 29.2 Å². The van der Waals surface area contributed by atoms with E-state index in [9.17, 15) is 9.18 Å². The van der Waals surface area contributed by atoms with E-state index in [1.807, 2.05) is 18.5 Å². The molecule has 1 amide bonds. The van der Waals surface area contributed by atoms with Crippen molar-refractivity contribution in [3.05, 3.63) is 77.1 Å². The molecule has 0 spiro atoms. The predicted molar refractivity (Wildman–Crippen MR) is 103 cm³/mol. The Morgan fingerprint density at radius 3 is 2.25 bits per heavy atom. The van der Waals surface area contributed by atoms with Crippen LogP contribution in [-0.4, -0.2) is 29.7 Å². The molecule has 0 saturated carbocycles. The first kappa shape index (κ1) is 19.4. The average molecular weight is 383 g/mol. The summed E-state index contributed by atoms with van der Waals surface area (Å²) in [6.07, 6.45) is 3.44. The number of nitrogens with one attached hydrogen (secondary N) is 1. The van der Waals surface area contributed by atoms with Crippen molar-refractivity contribution in [1.82, 2.24) is 14.9 Å². The van der Waals surface area contributed by atoms with Gasteiger partial charge in [0.05, 0.1) is 14.2 Å². The summed E-state index contributed by atoms with van der Waals surface area (Å²) in [5.74, 6) is 1.07. The van der Waals surface area contributed by atoms with Crippen molar-refractivity contribution >= 4 is 5.91 Å². The number of carbonyl (C=O) groups excluding carboxylic acids is 1. The number of nitrogens with zero attached hydrogens (tertiary/aromatic N) is 2. The maximum atomic E-state index is 13.4. The maximum Gasteiger partial charge on any atom is 0.252 e. The van der Waals surface area contributed by atoms with E-state index < -0.39 is 6.04 Å². The third-order valence-corrected chi connectivity index (χ3v) is 4.61. The lowest BCUT2D eigenvalue weighted by Crippen LogP contribution is -2.31. The summed E-state index contributed by atoms with van der Waals surface area (Å²) in [5.41, 5.74) is 1.91. The Balaban J connectivity index is 1.98. The predicted octanol–water partition coefficient (Wildman–Crippen LogP) is 3.40. The number of carbonyl (C=O) groups is 1. The van der Waals surface area contributed by atoms with Crippen LogP contribution in [0.15, 0.2) is 48.8 Å². The molecule has 0 unspecified atom stereocenters. The molecule has 0 fully saturated rings. The second-order valence-corrected chi connectivity index (χ2v) is 6.36. The molecular formula is C21H22FN3O3. The van der Waals surface area contributed by atoms with Gasteiger partial charge in [-0.3, -0.25) is 4.79 Å². The molecule has 0 aliphatic carbocycles. The second kappa shape index (κ2) is 8.12. The van der Waals surface area contributed by atoms with E-state index in [0.717, 1.165) is 11.1 Å². The summed E-state index contributed by atoms with van der Waals surface area (Å²) in [6, 6.07) is 8.74. The summed E-state index contributed by atoms with van der Waals surface area (Å²) in [7, 11) is 4.92. The van der Waals surface area contributed by atoms with Crippen molar-refractivity contribution in [3.63, 3.8) is 0 Å². The third-order valence-electron chi connectivity index (χ3n) is 4.61. The Kier molecular flexibility index (Phi) is 5.63. The second-order valence-electron chi connectivity index (χ2n) is 6.36. The van der Waals surface area contributed by atoms with Gasteiger partial charge in [0, 0.05) is 30.6 Å². The van der Waals surface area contributed by atoms with Crippen LogP contribution in [0.25, 0.3) is 0 Å². The van der Waals surface area contributed by atoms with Gasteiger partial charge in [-0.25, -0.2) is 9.37 Å². The van der Waals surface area contributed by atoms with Crippen molar-refractivity contribution < 1.29 is 18.7 Å². The van der Waals surface area contributed by atoms with Gasteiger partial charge in [-0.2, -0.15) is 0 Å². The summed E-state index contributed by atoms with van der Waals surface area (Å²) in [6.45, 7) is 1.86. The largest absolute Gasteiger partial charge is 0.496 e. The number of rotatable bonds is 6. The van der Waals surface area contributed by atoms with E-state index >= 15 is 0 Å². The monoisotopic (exact) mass is 383 g/mol. The minimum absolute atomic E-state index is 0.325. The highest BCUT2D eigenvalue weighted by Crippen LogP contribution is 2.30. The van der Waals surface area contributed by atoms with E-state index in [2.05, 4.69) is 10.3 Å². The molecule has 146 valence electrons. The minimum Gasteiger partial charge on any atom is -0.496 e. The standard InChI is InChI=1S/C21H22FN3O3/c1-13-17(27-3)11-15(12-18(13)28-4)21(26)24-19(20-23-9-10-25(20)2)14-5-7-16(22)8-6-14/h5-12,19H,1-4H3,(H,24,26)/t19-/m1/s1. The molecule has 1 heterocycles. The molecule has 7 heteroatoms. The fourth-order valence-corrected chi connectivity index (χ4v) is 3.04. The van der Waals surface area contributed by atoms with Crippen LogP contribution in [0.2, 0.25) is 0 Å². The van der Waals surface area contributed by atoms with Crippen LogP contribution < -0.4 is 14.8 Å². The van der Waals surface area contributed by atoms with Gasteiger partial charge in [0.15, 0.2) is 0 Å². The first-order valence-electron chi connectivity index (χ1n) is 8.70. The Labute approximate surface area is 162 Å². The van der Waals surface area contributed by atoms with Crippen LogP contribution in [0.1, 0.15) is 33.4 Å². The summed E-state index contributed by atoms with van der Waals surface area (Å²) in [4.78, 5) is 17.4. The van der Waals surface area contributed by atoms with Crippen molar-refractivity contribution in [2.75, 3.05) is 14.2 Å². The smallest absolute Gasteiger partial charge is 0.252 e. The van der Waals surface area contributed by atoms with Crippen molar-refractivity contribution in [3.8, 4) is 11.5 Å². The van der Waals surface area contributed by atoms with Crippen LogP contribution in [0.3, 0.4) is 0 Å². The molecule has 0 saturated heterocycles. The van der Waals surface area contributed by atoms with Gasteiger partial charge in [0.25, 0.3) is 5.91 Å². The Bertz CT molecular complexity index is 958. The highest BCUT2D eigenvalue weighted by molar-refractivity contribution is 5.95. The van der Waals surface area contributed by atoms with Crippen LogP contribution in [-0.2, 0) is 7.05 Å². The first-order chi connectivity index (χ1) is 13.4. The number of methoxy groups -OCH3 is 2. The molecule has 0 aliphatic heterocycles. The topological polar surface area (TPSA) is 65.4 Å². The Morgan fingerprint density at radius 2 is 1.75 bits per heavy atom. The lowest BCUT2D eigenvalue weighted by Gasteiger charge is -2.20. The first-order valence-corrected chi connectivity index (χ1v) is 8.70. The van der Waals surface area contributed by atoms with Crippen molar-refractivity contribution in [2.24, 2.45) is 7.05 Å². The summed E-state index contributed by atoms with van der Waals surface area (Å²) >= 11 is 0. The number of hydrogen-bond acceptors (Lipinski definition) is 4. The van der Waals surface area contributed by atoms with Crippen LogP contribution in [0, 0.1) is 12.7 Å². The molecule has 0 radical (unpaired) electrons. The van der Waals surface area contributed by atoms with Gasteiger partial charge < -0.3 is 19.4 Å². The average Bonchev–Trinajstić information content (AvgIpc) is 3.12. The molecule has 3 aromatic rings. The van der Waals surface area contributed by atoms with Crippen LogP contribution in [0.5, 0.6) is 11.5 Å². The fourth-order valence-electron chi connectivity index (χ4n) is 3.04. The lowest BCUT2D eigenvalue weighted by atomic mass is 10.0.